The first-order chi connectivity index (χ1) is 18.5. The van der Waals surface area contributed by atoms with Crippen LogP contribution in [0.15, 0.2) is 48.5 Å². The van der Waals surface area contributed by atoms with Crippen molar-refractivity contribution in [3.8, 4) is 23.0 Å². The summed E-state index contributed by atoms with van der Waals surface area (Å²) in [5.41, 5.74) is 10.1. The zero-order valence-corrected chi connectivity index (χ0v) is 24.0. The lowest BCUT2D eigenvalue weighted by molar-refractivity contribution is -0.118. The summed E-state index contributed by atoms with van der Waals surface area (Å²) in [5.74, 6) is 1.96. The van der Waals surface area contributed by atoms with Gasteiger partial charge in [-0.2, -0.15) is 0 Å². The van der Waals surface area contributed by atoms with Crippen LogP contribution >= 0.6 is 12.4 Å². The Hall–Kier alpha value is -4.11. The van der Waals surface area contributed by atoms with Crippen molar-refractivity contribution in [3.63, 3.8) is 0 Å². The summed E-state index contributed by atoms with van der Waals surface area (Å²) in [6.07, 6.45) is 2.41. The molecule has 1 atom stereocenters. The third kappa shape index (κ3) is 7.30. The summed E-state index contributed by atoms with van der Waals surface area (Å²) in [4.78, 5) is 12.3. The van der Waals surface area contributed by atoms with Crippen LogP contribution in [0.1, 0.15) is 42.0 Å². The third-order valence-electron chi connectivity index (χ3n) is 7.11. The predicted octanol–water partition coefficient (Wildman–Crippen LogP) is 5.61. The highest BCUT2D eigenvalue weighted by atomic mass is 35.5. The minimum Gasteiger partial charge on any atom is -0.507 e. The summed E-state index contributed by atoms with van der Waals surface area (Å²) >= 11 is 0. The van der Waals surface area contributed by atoms with Gasteiger partial charge in [0.15, 0.2) is 12.6 Å². The molecular formula is C30H37ClN4O5. The first kappa shape index (κ1) is 30.4. The third-order valence-corrected chi connectivity index (χ3v) is 7.11. The van der Waals surface area contributed by atoms with Gasteiger partial charge in [0.05, 0.1) is 6.61 Å². The van der Waals surface area contributed by atoms with Crippen LogP contribution < -0.4 is 30.6 Å². The lowest BCUT2D eigenvalue weighted by atomic mass is 9.86. The maximum Gasteiger partial charge on any atom is 0.262 e. The number of rotatable bonds is 9. The van der Waals surface area contributed by atoms with E-state index in [1.54, 1.807) is 36.4 Å². The molecule has 10 heteroatoms. The zero-order chi connectivity index (χ0) is 28.2. The minimum atomic E-state index is -0.358. The standard InChI is InChI=1S/C30H36N4O5.ClH/c1-18-19(2)28-25(20(3)27(18)36)12-13-30(4,39-28)14-15-37-23-10-8-21(9-11-23)33-26(35)17-38-24-7-5-6-22(16-24)34-29(31)32;/h5-11,16,36H,12-15,17H2,1-4H3,(H,33,35)(H4,31,32,34);1H. The molecule has 0 bridgehead atoms. The number of guanidine groups is 1. The van der Waals surface area contributed by atoms with Gasteiger partial charge in [0.2, 0.25) is 0 Å². The number of fused-ring (bicyclic) bond motifs is 1. The van der Waals surface area contributed by atoms with Gasteiger partial charge in [0.25, 0.3) is 5.91 Å². The number of amides is 1. The Kier molecular flexibility index (Phi) is 9.76. The molecule has 214 valence electrons. The minimum absolute atomic E-state index is 0. The van der Waals surface area contributed by atoms with Gasteiger partial charge in [0, 0.05) is 29.4 Å². The smallest absolute Gasteiger partial charge is 0.262 e. The van der Waals surface area contributed by atoms with Crippen molar-refractivity contribution in [2.24, 2.45) is 5.73 Å². The molecule has 0 fully saturated rings. The van der Waals surface area contributed by atoms with Gasteiger partial charge in [-0.25, -0.2) is 0 Å². The first-order valence-electron chi connectivity index (χ1n) is 12.9. The summed E-state index contributed by atoms with van der Waals surface area (Å²) < 4.78 is 18.0. The van der Waals surface area contributed by atoms with E-state index in [1.165, 1.54) is 0 Å². The molecule has 4 rings (SSSR count). The average molecular weight is 569 g/mol. The van der Waals surface area contributed by atoms with Crippen LogP contribution in [0.3, 0.4) is 0 Å². The first-order valence-corrected chi connectivity index (χ1v) is 12.9. The fourth-order valence-electron chi connectivity index (χ4n) is 4.66. The van der Waals surface area contributed by atoms with Gasteiger partial charge in [-0.1, -0.05) is 6.07 Å². The van der Waals surface area contributed by atoms with Gasteiger partial charge in [0.1, 0.15) is 28.6 Å². The van der Waals surface area contributed by atoms with Crippen molar-refractivity contribution >= 4 is 35.6 Å². The SMILES string of the molecule is Cc1c(C)c2c(c(C)c1O)CCC(C)(CCOc1ccc(NC(=O)COc3cccc(NC(=N)N)c3)cc1)O2.Cl. The number of nitrogens with two attached hydrogens (primary N) is 1. The molecule has 40 heavy (non-hydrogen) atoms. The molecule has 1 amide bonds. The number of hydrogen-bond donors (Lipinski definition) is 5. The molecule has 6 N–H and O–H groups in total. The van der Waals surface area contributed by atoms with Crippen LogP contribution in [-0.2, 0) is 11.2 Å². The van der Waals surface area contributed by atoms with Crippen LogP contribution in [0.5, 0.6) is 23.0 Å². The van der Waals surface area contributed by atoms with E-state index < -0.39 is 0 Å². The summed E-state index contributed by atoms with van der Waals surface area (Å²) in [5, 5.41) is 23.2. The molecule has 9 nitrogen and oxygen atoms in total. The van der Waals surface area contributed by atoms with E-state index in [9.17, 15) is 9.90 Å². The lowest BCUT2D eigenvalue weighted by Gasteiger charge is -2.38. The Morgan fingerprint density at radius 1 is 1.02 bits per heavy atom. The van der Waals surface area contributed by atoms with Crippen molar-refractivity contribution in [1.82, 2.24) is 0 Å². The largest absolute Gasteiger partial charge is 0.507 e. The van der Waals surface area contributed by atoms with Crippen LogP contribution in [0, 0.1) is 26.2 Å². The van der Waals surface area contributed by atoms with Gasteiger partial charge in [-0.15, -0.1) is 12.4 Å². The predicted molar refractivity (Wildman–Crippen MR) is 160 cm³/mol. The molecule has 1 unspecified atom stereocenters. The Morgan fingerprint density at radius 2 is 1.75 bits per heavy atom. The van der Waals surface area contributed by atoms with E-state index in [-0.39, 0.29) is 36.5 Å². The van der Waals surface area contributed by atoms with Crippen LogP contribution in [0.4, 0.5) is 11.4 Å². The quantitative estimate of drug-likeness (QED) is 0.167. The van der Waals surface area contributed by atoms with Gasteiger partial charge >= 0.3 is 0 Å². The fourth-order valence-corrected chi connectivity index (χ4v) is 4.66. The number of nitrogens with one attached hydrogen (secondary N) is 3. The number of carbonyl (C=O) groups is 1. The maximum absolute atomic E-state index is 12.3. The topological polar surface area (TPSA) is 139 Å². The molecule has 0 radical (unpaired) electrons. The summed E-state index contributed by atoms with van der Waals surface area (Å²) in [7, 11) is 0. The van der Waals surface area contributed by atoms with E-state index in [4.69, 9.17) is 25.4 Å². The monoisotopic (exact) mass is 568 g/mol. The van der Waals surface area contributed by atoms with E-state index in [0.29, 0.717) is 41.7 Å². The summed E-state index contributed by atoms with van der Waals surface area (Å²) in [6.45, 7) is 8.28. The van der Waals surface area contributed by atoms with Crippen molar-refractivity contribution in [3.05, 3.63) is 70.8 Å². The van der Waals surface area contributed by atoms with E-state index in [2.05, 4.69) is 17.6 Å². The molecule has 3 aromatic rings. The molecule has 1 heterocycles. The van der Waals surface area contributed by atoms with Crippen LogP contribution in [0.25, 0.3) is 0 Å². The van der Waals surface area contributed by atoms with Crippen LogP contribution in [0.2, 0.25) is 0 Å². The number of aromatic hydroxyl groups is 1. The number of ether oxygens (including phenoxy) is 3. The highest BCUT2D eigenvalue weighted by Crippen LogP contribution is 2.44. The number of carbonyl (C=O) groups excluding carboxylic acids is 1. The second kappa shape index (κ2) is 12.8. The van der Waals surface area contributed by atoms with E-state index in [1.807, 2.05) is 32.9 Å². The van der Waals surface area contributed by atoms with E-state index >= 15 is 0 Å². The number of benzene rings is 3. The van der Waals surface area contributed by atoms with Crippen molar-refractivity contribution in [2.45, 2.75) is 52.6 Å². The molecule has 0 aliphatic carbocycles. The molecule has 0 aromatic heterocycles. The molecule has 3 aromatic carbocycles. The molecule has 0 saturated carbocycles. The lowest BCUT2D eigenvalue weighted by Crippen LogP contribution is -2.38. The molecule has 0 spiro atoms. The Balaban J connectivity index is 0.00000441. The molecule has 0 saturated heterocycles. The van der Waals surface area contributed by atoms with Crippen molar-refractivity contribution in [1.29, 1.82) is 5.41 Å². The van der Waals surface area contributed by atoms with Crippen LogP contribution in [-0.4, -0.2) is 35.8 Å². The fraction of sp³-hybridized carbons (Fsp3) is 0.333. The van der Waals surface area contributed by atoms with Gasteiger partial charge in [-0.05, 0) is 93.6 Å². The van der Waals surface area contributed by atoms with Crippen molar-refractivity contribution < 1.29 is 24.1 Å². The van der Waals surface area contributed by atoms with Gasteiger partial charge < -0.3 is 35.7 Å². The van der Waals surface area contributed by atoms with Gasteiger partial charge in [-0.3, -0.25) is 10.2 Å². The second-order valence-corrected chi connectivity index (χ2v) is 10.1. The average Bonchev–Trinajstić information content (AvgIpc) is 2.90. The Bertz CT molecular complexity index is 1380. The number of hydrogen-bond acceptors (Lipinski definition) is 6. The molecular weight excluding hydrogens is 532 g/mol. The number of phenolic OH excluding ortho intramolecular Hbond substituents is 1. The highest BCUT2D eigenvalue weighted by molar-refractivity contribution is 5.92. The zero-order valence-electron chi connectivity index (χ0n) is 23.2. The molecule has 1 aliphatic rings. The second-order valence-electron chi connectivity index (χ2n) is 10.1. The molecule has 1 aliphatic heterocycles. The number of halogens is 1. The normalized spacial score (nSPS) is 15.6. The maximum atomic E-state index is 12.3. The number of anilines is 2. The van der Waals surface area contributed by atoms with E-state index in [0.717, 1.165) is 40.8 Å². The Labute approximate surface area is 240 Å². The van der Waals surface area contributed by atoms with Crippen molar-refractivity contribution in [2.75, 3.05) is 23.8 Å². The highest BCUT2D eigenvalue weighted by Gasteiger charge is 2.34. The Morgan fingerprint density at radius 3 is 2.45 bits per heavy atom. The summed E-state index contributed by atoms with van der Waals surface area (Å²) in [6, 6.07) is 14.0. The number of phenols is 1.